The van der Waals surface area contributed by atoms with Crippen molar-refractivity contribution in [2.24, 2.45) is 0 Å². The number of rotatable bonds is 6. The predicted octanol–water partition coefficient (Wildman–Crippen LogP) is 7.06. The Balaban J connectivity index is 1.78. The van der Waals surface area contributed by atoms with Crippen LogP contribution in [0.3, 0.4) is 0 Å². The summed E-state index contributed by atoms with van der Waals surface area (Å²) >= 11 is 15.0. The van der Waals surface area contributed by atoms with Crippen molar-refractivity contribution in [3.8, 4) is 0 Å². The summed E-state index contributed by atoms with van der Waals surface area (Å²) in [7, 11) is 0. The standard InChI is InChI=1S/C22H30Cl2IN3O2/c1-22(2,3)30-21(29)27-11-7-15(8-12-27)20-26-18-13-16(23)17(24)14-19(18)28(20)10-6-4-5-9-25/h13-15H,4-12H2,1-3H3. The Bertz CT molecular complexity index is 887. The molecule has 166 valence electrons. The summed E-state index contributed by atoms with van der Waals surface area (Å²) in [6, 6.07) is 3.80. The first-order valence-electron chi connectivity index (χ1n) is 10.6. The van der Waals surface area contributed by atoms with Crippen LogP contribution in [-0.4, -0.2) is 43.7 Å². The fourth-order valence-electron chi connectivity index (χ4n) is 3.87. The number of likely N-dealkylation sites (tertiary alicyclic amines) is 1. The van der Waals surface area contributed by atoms with Gasteiger partial charge in [-0.2, -0.15) is 0 Å². The number of hydrogen-bond acceptors (Lipinski definition) is 3. The molecule has 0 atom stereocenters. The summed E-state index contributed by atoms with van der Waals surface area (Å²) < 4.78 is 9.03. The van der Waals surface area contributed by atoms with Crippen molar-refractivity contribution in [2.45, 2.75) is 70.9 Å². The van der Waals surface area contributed by atoms with Crippen LogP contribution in [0.1, 0.15) is 64.6 Å². The Hall–Kier alpha value is -0.730. The maximum atomic E-state index is 12.4. The number of carbonyl (C=O) groups is 1. The van der Waals surface area contributed by atoms with Gasteiger partial charge in [-0.3, -0.25) is 0 Å². The Morgan fingerprint density at radius 3 is 2.47 bits per heavy atom. The molecule has 1 aliphatic heterocycles. The molecule has 0 radical (unpaired) electrons. The van der Waals surface area contributed by atoms with E-state index in [1.54, 1.807) is 0 Å². The van der Waals surface area contributed by atoms with Crippen molar-refractivity contribution < 1.29 is 9.53 Å². The van der Waals surface area contributed by atoms with Crippen LogP contribution in [0.4, 0.5) is 4.79 Å². The monoisotopic (exact) mass is 565 g/mol. The van der Waals surface area contributed by atoms with Gasteiger partial charge in [0.05, 0.1) is 21.1 Å². The molecule has 1 aromatic carbocycles. The highest BCUT2D eigenvalue weighted by molar-refractivity contribution is 14.1. The smallest absolute Gasteiger partial charge is 0.410 e. The van der Waals surface area contributed by atoms with Crippen LogP contribution >= 0.6 is 45.8 Å². The van der Waals surface area contributed by atoms with Gasteiger partial charge in [0.1, 0.15) is 11.4 Å². The summed E-state index contributed by atoms with van der Waals surface area (Å²) in [4.78, 5) is 19.2. The summed E-state index contributed by atoms with van der Waals surface area (Å²) in [6.07, 6.45) is 5.05. The molecule has 1 aromatic heterocycles. The van der Waals surface area contributed by atoms with E-state index in [0.29, 0.717) is 29.1 Å². The van der Waals surface area contributed by atoms with E-state index in [9.17, 15) is 4.79 Å². The number of hydrogen-bond donors (Lipinski definition) is 0. The number of ether oxygens (including phenoxy) is 1. The molecular weight excluding hydrogens is 536 g/mol. The van der Waals surface area contributed by atoms with Gasteiger partial charge in [-0.25, -0.2) is 9.78 Å². The molecule has 0 spiro atoms. The number of nitrogens with zero attached hydrogens (tertiary/aromatic N) is 3. The van der Waals surface area contributed by atoms with Gasteiger partial charge in [0.15, 0.2) is 0 Å². The SMILES string of the molecule is CC(C)(C)OC(=O)N1CCC(c2nc3cc(Cl)c(Cl)cc3n2CCCCCI)CC1. The summed E-state index contributed by atoms with van der Waals surface area (Å²) in [5.74, 6) is 1.39. The minimum Gasteiger partial charge on any atom is -0.444 e. The van der Waals surface area contributed by atoms with Crippen LogP contribution in [0, 0.1) is 0 Å². The third-order valence-electron chi connectivity index (χ3n) is 5.35. The van der Waals surface area contributed by atoms with Gasteiger partial charge in [0.2, 0.25) is 0 Å². The number of imidazole rings is 1. The maximum absolute atomic E-state index is 12.4. The van der Waals surface area contributed by atoms with Gasteiger partial charge in [-0.1, -0.05) is 52.2 Å². The van der Waals surface area contributed by atoms with Crippen molar-refractivity contribution in [2.75, 3.05) is 17.5 Å². The van der Waals surface area contributed by atoms with Crippen LogP contribution < -0.4 is 0 Å². The predicted molar refractivity (Wildman–Crippen MR) is 132 cm³/mol. The van der Waals surface area contributed by atoms with E-state index in [1.807, 2.05) is 37.8 Å². The minimum absolute atomic E-state index is 0.230. The Labute approximate surface area is 202 Å². The number of carbonyl (C=O) groups excluding carboxylic acids is 1. The van der Waals surface area contributed by atoms with Crippen LogP contribution in [-0.2, 0) is 11.3 Å². The van der Waals surface area contributed by atoms with Crippen molar-refractivity contribution in [1.82, 2.24) is 14.5 Å². The first-order chi connectivity index (χ1) is 14.2. The Morgan fingerprint density at radius 2 is 1.83 bits per heavy atom. The van der Waals surface area contributed by atoms with Crippen LogP contribution in [0.15, 0.2) is 12.1 Å². The Kier molecular flexibility index (Phi) is 8.18. The lowest BCUT2D eigenvalue weighted by Crippen LogP contribution is -2.41. The average Bonchev–Trinajstić information content (AvgIpc) is 3.02. The average molecular weight is 566 g/mol. The van der Waals surface area contributed by atoms with Crippen LogP contribution in [0.5, 0.6) is 0 Å². The molecule has 1 amide bonds. The van der Waals surface area contributed by atoms with Crippen LogP contribution in [0.25, 0.3) is 11.0 Å². The van der Waals surface area contributed by atoms with Crippen molar-refractivity contribution in [3.05, 3.63) is 28.0 Å². The molecule has 0 bridgehead atoms. The van der Waals surface area contributed by atoms with Gasteiger partial charge in [-0.15, -0.1) is 0 Å². The fourth-order valence-corrected chi connectivity index (χ4v) is 4.73. The lowest BCUT2D eigenvalue weighted by molar-refractivity contribution is 0.0202. The van der Waals surface area contributed by atoms with E-state index in [-0.39, 0.29) is 6.09 Å². The zero-order valence-electron chi connectivity index (χ0n) is 17.9. The van der Waals surface area contributed by atoms with Gasteiger partial charge in [0, 0.05) is 25.6 Å². The van der Waals surface area contributed by atoms with E-state index in [4.69, 9.17) is 32.9 Å². The third-order valence-corrected chi connectivity index (χ3v) is 6.83. The summed E-state index contributed by atoms with van der Waals surface area (Å²) in [6.45, 7) is 7.97. The molecule has 2 heterocycles. The van der Waals surface area contributed by atoms with E-state index >= 15 is 0 Å². The number of unbranched alkanes of at least 4 members (excludes halogenated alkanes) is 2. The molecule has 30 heavy (non-hydrogen) atoms. The first-order valence-corrected chi connectivity index (χ1v) is 12.9. The number of aryl methyl sites for hydroxylation is 1. The molecule has 3 rings (SSSR count). The second-order valence-electron chi connectivity index (χ2n) is 8.87. The number of benzene rings is 1. The quantitative estimate of drug-likeness (QED) is 0.214. The van der Waals surface area contributed by atoms with Crippen molar-refractivity contribution in [3.63, 3.8) is 0 Å². The zero-order valence-corrected chi connectivity index (χ0v) is 21.6. The molecule has 0 unspecified atom stereocenters. The normalized spacial score (nSPS) is 15.7. The molecule has 1 fully saturated rings. The third kappa shape index (κ3) is 5.94. The second kappa shape index (κ2) is 10.3. The van der Waals surface area contributed by atoms with E-state index < -0.39 is 5.60 Å². The number of fused-ring (bicyclic) bond motifs is 1. The summed E-state index contributed by atoms with van der Waals surface area (Å²) in [5, 5.41) is 1.09. The maximum Gasteiger partial charge on any atom is 0.410 e. The number of aromatic nitrogens is 2. The van der Waals surface area contributed by atoms with E-state index in [2.05, 4.69) is 27.2 Å². The fraction of sp³-hybridized carbons (Fsp3) is 0.636. The summed E-state index contributed by atoms with van der Waals surface area (Å²) in [5.41, 5.74) is 1.46. The lowest BCUT2D eigenvalue weighted by Gasteiger charge is -2.33. The molecule has 1 aliphatic rings. The molecule has 0 N–H and O–H groups in total. The molecular formula is C22H30Cl2IN3O2. The topological polar surface area (TPSA) is 47.4 Å². The molecule has 0 aliphatic carbocycles. The second-order valence-corrected chi connectivity index (χ2v) is 10.8. The first kappa shape index (κ1) is 23.9. The Morgan fingerprint density at radius 1 is 1.17 bits per heavy atom. The molecule has 8 heteroatoms. The van der Waals surface area contributed by atoms with Crippen LogP contribution in [0.2, 0.25) is 10.0 Å². The van der Waals surface area contributed by atoms with E-state index in [1.165, 1.54) is 17.3 Å². The molecule has 1 saturated heterocycles. The number of amides is 1. The van der Waals surface area contributed by atoms with Gasteiger partial charge in [-0.05, 0) is 63.0 Å². The van der Waals surface area contributed by atoms with Gasteiger partial charge < -0.3 is 14.2 Å². The highest BCUT2D eigenvalue weighted by Crippen LogP contribution is 2.34. The van der Waals surface area contributed by atoms with Crippen molar-refractivity contribution >= 4 is 62.9 Å². The highest BCUT2D eigenvalue weighted by Gasteiger charge is 2.30. The number of piperidine rings is 1. The van der Waals surface area contributed by atoms with Gasteiger partial charge >= 0.3 is 6.09 Å². The largest absolute Gasteiger partial charge is 0.444 e. The molecule has 2 aromatic rings. The molecule has 5 nitrogen and oxygen atoms in total. The molecule has 0 saturated carbocycles. The lowest BCUT2D eigenvalue weighted by atomic mass is 9.96. The number of alkyl halides is 1. The van der Waals surface area contributed by atoms with Crippen molar-refractivity contribution in [1.29, 1.82) is 0 Å². The van der Waals surface area contributed by atoms with E-state index in [0.717, 1.165) is 42.7 Å². The number of halogens is 3. The minimum atomic E-state index is -0.474. The highest BCUT2D eigenvalue weighted by atomic mass is 127. The zero-order chi connectivity index (χ0) is 21.9. The van der Waals surface area contributed by atoms with Gasteiger partial charge in [0.25, 0.3) is 0 Å².